The Balaban J connectivity index is 1.62. The highest BCUT2D eigenvalue weighted by molar-refractivity contribution is 5.98. The standard InChI is InChI=1S/C17H19N3O4/c1-23-13-2-3-14-10(4-13)5-15(19-14)17(22)20-6-11-8-24-9-12(7-20)18-16(11)21/h2-5,11-12,19H,6-9H2,1H3,(H,18,21)/t11-,12+/m1/s1. The molecule has 1 aromatic carbocycles. The van der Waals surface area contributed by atoms with Crippen molar-refractivity contribution in [3.8, 4) is 5.75 Å². The Hall–Kier alpha value is -2.54. The molecule has 7 heteroatoms. The first-order chi connectivity index (χ1) is 11.6. The minimum Gasteiger partial charge on any atom is -0.497 e. The molecule has 7 nitrogen and oxygen atoms in total. The molecule has 0 aliphatic carbocycles. The van der Waals surface area contributed by atoms with Gasteiger partial charge in [-0.15, -0.1) is 0 Å². The van der Waals surface area contributed by atoms with Crippen molar-refractivity contribution < 1.29 is 19.1 Å². The maximum absolute atomic E-state index is 12.9. The highest BCUT2D eigenvalue weighted by Gasteiger charge is 2.35. The molecule has 2 amide bonds. The molecule has 24 heavy (non-hydrogen) atoms. The van der Waals surface area contributed by atoms with Crippen molar-refractivity contribution >= 4 is 22.7 Å². The number of carbonyl (C=O) groups is 2. The number of benzene rings is 1. The molecule has 2 atom stereocenters. The fourth-order valence-corrected chi connectivity index (χ4v) is 3.32. The topological polar surface area (TPSA) is 83.7 Å². The maximum Gasteiger partial charge on any atom is 0.270 e. The Morgan fingerprint density at radius 3 is 3.00 bits per heavy atom. The number of carbonyl (C=O) groups excluding carboxylic acids is 2. The summed E-state index contributed by atoms with van der Waals surface area (Å²) in [7, 11) is 1.61. The molecule has 0 saturated carbocycles. The molecule has 1 aromatic heterocycles. The van der Waals surface area contributed by atoms with Gasteiger partial charge in [-0.1, -0.05) is 0 Å². The molecule has 126 valence electrons. The van der Waals surface area contributed by atoms with Crippen molar-refractivity contribution in [3.63, 3.8) is 0 Å². The zero-order valence-corrected chi connectivity index (χ0v) is 13.4. The molecule has 0 radical (unpaired) electrons. The monoisotopic (exact) mass is 329 g/mol. The molecule has 2 aromatic rings. The third kappa shape index (κ3) is 2.60. The molecule has 2 N–H and O–H groups in total. The van der Waals surface area contributed by atoms with Crippen LogP contribution in [0.15, 0.2) is 24.3 Å². The Morgan fingerprint density at radius 2 is 2.17 bits per heavy atom. The van der Waals surface area contributed by atoms with Gasteiger partial charge in [-0.25, -0.2) is 0 Å². The summed E-state index contributed by atoms with van der Waals surface area (Å²) in [5, 5.41) is 3.86. The lowest BCUT2D eigenvalue weighted by Crippen LogP contribution is -2.44. The van der Waals surface area contributed by atoms with Crippen molar-refractivity contribution in [2.75, 3.05) is 33.4 Å². The van der Waals surface area contributed by atoms with Crippen LogP contribution < -0.4 is 10.1 Å². The largest absolute Gasteiger partial charge is 0.497 e. The lowest BCUT2D eigenvalue weighted by Gasteiger charge is -2.27. The average Bonchev–Trinajstić information content (AvgIpc) is 2.82. The van der Waals surface area contributed by atoms with Crippen molar-refractivity contribution in [1.29, 1.82) is 0 Å². The van der Waals surface area contributed by atoms with Crippen molar-refractivity contribution in [2.45, 2.75) is 6.04 Å². The van der Waals surface area contributed by atoms with E-state index in [4.69, 9.17) is 9.47 Å². The Labute approximate surface area is 138 Å². The third-order valence-corrected chi connectivity index (χ3v) is 4.58. The number of ether oxygens (including phenoxy) is 2. The number of hydrogen-bond acceptors (Lipinski definition) is 4. The summed E-state index contributed by atoms with van der Waals surface area (Å²) in [4.78, 5) is 29.9. The lowest BCUT2D eigenvalue weighted by atomic mass is 10.1. The van der Waals surface area contributed by atoms with Crippen molar-refractivity contribution in [3.05, 3.63) is 30.0 Å². The first kappa shape index (κ1) is 15.0. The number of aromatic amines is 1. The summed E-state index contributed by atoms with van der Waals surface area (Å²) in [6.45, 7) is 1.63. The van der Waals surface area contributed by atoms with Gasteiger partial charge in [0.15, 0.2) is 0 Å². The predicted octanol–water partition coefficient (Wildman–Crippen LogP) is 0.763. The van der Waals surface area contributed by atoms with E-state index in [2.05, 4.69) is 10.3 Å². The van der Waals surface area contributed by atoms with Gasteiger partial charge in [-0.2, -0.15) is 0 Å². The fraction of sp³-hybridized carbons (Fsp3) is 0.412. The summed E-state index contributed by atoms with van der Waals surface area (Å²) in [5.74, 6) is 0.301. The highest BCUT2D eigenvalue weighted by Crippen LogP contribution is 2.23. The van der Waals surface area contributed by atoms with Crippen LogP contribution in [-0.2, 0) is 9.53 Å². The lowest BCUT2D eigenvalue weighted by molar-refractivity contribution is -0.125. The predicted molar refractivity (Wildman–Crippen MR) is 87.0 cm³/mol. The van der Waals surface area contributed by atoms with E-state index in [1.165, 1.54) is 0 Å². The number of fused-ring (bicyclic) bond motifs is 4. The van der Waals surface area contributed by atoms with Crippen molar-refractivity contribution in [2.24, 2.45) is 5.92 Å². The van der Waals surface area contributed by atoms with Gasteiger partial charge in [-0.05, 0) is 24.3 Å². The van der Waals surface area contributed by atoms with Crippen LogP contribution in [0.2, 0.25) is 0 Å². The van der Waals surface area contributed by atoms with Gasteiger partial charge in [-0.3, -0.25) is 9.59 Å². The minimum absolute atomic E-state index is 0.0332. The van der Waals surface area contributed by atoms with Crippen LogP contribution in [0.25, 0.3) is 10.9 Å². The fourth-order valence-electron chi connectivity index (χ4n) is 3.32. The summed E-state index contributed by atoms with van der Waals surface area (Å²) in [6, 6.07) is 7.30. The summed E-state index contributed by atoms with van der Waals surface area (Å²) in [6.07, 6.45) is 0. The van der Waals surface area contributed by atoms with E-state index in [1.807, 2.05) is 24.3 Å². The molecule has 0 unspecified atom stereocenters. The number of methoxy groups -OCH3 is 1. The van der Waals surface area contributed by atoms with E-state index in [1.54, 1.807) is 12.0 Å². The number of amides is 2. The smallest absolute Gasteiger partial charge is 0.270 e. The second kappa shape index (κ2) is 5.83. The van der Waals surface area contributed by atoms with Gasteiger partial charge >= 0.3 is 0 Å². The zero-order chi connectivity index (χ0) is 16.7. The Morgan fingerprint density at radius 1 is 1.29 bits per heavy atom. The van der Waals surface area contributed by atoms with Gasteiger partial charge in [0.1, 0.15) is 11.4 Å². The van der Waals surface area contributed by atoms with E-state index in [0.717, 1.165) is 16.7 Å². The normalized spacial score (nSPS) is 23.7. The second-order valence-electron chi connectivity index (χ2n) is 6.29. The number of aromatic nitrogens is 1. The van der Waals surface area contributed by atoms with E-state index < -0.39 is 0 Å². The minimum atomic E-state index is -0.314. The van der Waals surface area contributed by atoms with E-state index in [0.29, 0.717) is 32.0 Å². The number of hydrogen-bond donors (Lipinski definition) is 2. The van der Waals surface area contributed by atoms with Gasteiger partial charge < -0.3 is 24.7 Å². The van der Waals surface area contributed by atoms with E-state index in [9.17, 15) is 9.59 Å². The SMILES string of the molecule is COc1ccc2[nH]c(C(=O)N3C[C@H]4COC[C@@H](C3)C(=O)N4)cc2c1. The molecule has 2 fully saturated rings. The molecule has 2 aliphatic heterocycles. The summed E-state index contributed by atoms with van der Waals surface area (Å²) < 4.78 is 10.7. The number of H-pyrrole nitrogens is 1. The number of rotatable bonds is 2. The molecule has 4 rings (SSSR count). The molecule has 2 aliphatic rings. The number of nitrogens with one attached hydrogen (secondary N) is 2. The van der Waals surface area contributed by atoms with Crippen LogP contribution in [0, 0.1) is 5.92 Å². The molecule has 2 bridgehead atoms. The third-order valence-electron chi connectivity index (χ3n) is 4.58. The summed E-state index contributed by atoms with van der Waals surface area (Å²) in [5.41, 5.74) is 1.40. The van der Waals surface area contributed by atoms with Crippen LogP contribution >= 0.6 is 0 Å². The average molecular weight is 329 g/mol. The van der Waals surface area contributed by atoms with Crippen LogP contribution in [0.5, 0.6) is 5.75 Å². The first-order valence-corrected chi connectivity index (χ1v) is 7.98. The Kier molecular flexibility index (Phi) is 3.65. The zero-order valence-electron chi connectivity index (χ0n) is 13.4. The van der Waals surface area contributed by atoms with Crippen LogP contribution in [-0.4, -0.2) is 61.2 Å². The number of nitrogens with zero attached hydrogens (tertiary/aromatic N) is 1. The van der Waals surface area contributed by atoms with E-state index >= 15 is 0 Å². The summed E-state index contributed by atoms with van der Waals surface area (Å²) >= 11 is 0. The van der Waals surface area contributed by atoms with Crippen LogP contribution in [0.3, 0.4) is 0 Å². The van der Waals surface area contributed by atoms with Gasteiger partial charge in [0.05, 0.1) is 32.3 Å². The Bertz CT molecular complexity index is 800. The van der Waals surface area contributed by atoms with Gasteiger partial charge in [0, 0.05) is 24.0 Å². The molecular weight excluding hydrogens is 310 g/mol. The second-order valence-corrected chi connectivity index (χ2v) is 6.29. The molecular formula is C17H19N3O4. The first-order valence-electron chi connectivity index (χ1n) is 7.98. The van der Waals surface area contributed by atoms with E-state index in [-0.39, 0.29) is 23.8 Å². The maximum atomic E-state index is 12.9. The molecule has 2 saturated heterocycles. The molecule has 3 heterocycles. The highest BCUT2D eigenvalue weighted by atomic mass is 16.5. The van der Waals surface area contributed by atoms with Gasteiger partial charge in [0.25, 0.3) is 5.91 Å². The quantitative estimate of drug-likeness (QED) is 0.852. The van der Waals surface area contributed by atoms with Gasteiger partial charge in [0.2, 0.25) is 5.91 Å². The van der Waals surface area contributed by atoms with Crippen molar-refractivity contribution in [1.82, 2.24) is 15.2 Å². The van der Waals surface area contributed by atoms with Crippen LogP contribution in [0.4, 0.5) is 0 Å². The van der Waals surface area contributed by atoms with Crippen LogP contribution in [0.1, 0.15) is 10.5 Å². The molecule has 0 spiro atoms.